The number of aryl methyl sites for hydroxylation is 3. The van der Waals surface area contributed by atoms with Crippen LogP contribution in [0, 0.1) is 13.8 Å². The minimum absolute atomic E-state index is 0.498. The summed E-state index contributed by atoms with van der Waals surface area (Å²) in [7, 11) is 0. The second-order valence-corrected chi connectivity index (χ2v) is 6.30. The van der Waals surface area contributed by atoms with E-state index < -0.39 is 0 Å². The standard InChI is InChI=1S/C19H26N2O3/c1-15-19(16(2)24-20-15)14-23-18-7-3-5-17(13-18)6-4-8-21-9-11-22-12-10-21/h3,5,7,13H,4,6,8-12,14H2,1-2H3. The molecule has 3 rings (SSSR count). The fourth-order valence-corrected chi connectivity index (χ4v) is 2.99. The van der Waals surface area contributed by atoms with Gasteiger partial charge in [-0.25, -0.2) is 0 Å². The van der Waals surface area contributed by atoms with E-state index in [0.29, 0.717) is 6.61 Å². The maximum atomic E-state index is 5.92. The van der Waals surface area contributed by atoms with E-state index in [9.17, 15) is 0 Å². The fourth-order valence-electron chi connectivity index (χ4n) is 2.99. The first-order valence-electron chi connectivity index (χ1n) is 8.66. The van der Waals surface area contributed by atoms with Crippen molar-refractivity contribution in [2.75, 3.05) is 32.8 Å². The zero-order chi connectivity index (χ0) is 16.8. The maximum absolute atomic E-state index is 5.92. The third kappa shape index (κ3) is 4.58. The predicted molar refractivity (Wildman–Crippen MR) is 92.3 cm³/mol. The highest BCUT2D eigenvalue weighted by molar-refractivity contribution is 5.29. The third-order valence-corrected chi connectivity index (χ3v) is 4.51. The van der Waals surface area contributed by atoms with E-state index in [0.717, 1.165) is 68.5 Å². The third-order valence-electron chi connectivity index (χ3n) is 4.51. The van der Waals surface area contributed by atoms with Gasteiger partial charge in [0.05, 0.1) is 24.5 Å². The average molecular weight is 330 g/mol. The molecule has 5 heteroatoms. The Hall–Kier alpha value is -1.85. The lowest BCUT2D eigenvalue weighted by Crippen LogP contribution is -2.36. The van der Waals surface area contributed by atoms with E-state index in [1.165, 1.54) is 5.56 Å². The number of benzene rings is 1. The summed E-state index contributed by atoms with van der Waals surface area (Å²) in [6.07, 6.45) is 2.23. The van der Waals surface area contributed by atoms with Gasteiger partial charge in [0.2, 0.25) is 0 Å². The molecule has 5 nitrogen and oxygen atoms in total. The van der Waals surface area contributed by atoms with Crippen LogP contribution in [0.5, 0.6) is 5.75 Å². The highest BCUT2D eigenvalue weighted by Crippen LogP contribution is 2.19. The lowest BCUT2D eigenvalue weighted by atomic mass is 10.1. The van der Waals surface area contributed by atoms with E-state index in [1.807, 2.05) is 19.9 Å². The normalized spacial score (nSPS) is 15.6. The number of hydrogen-bond donors (Lipinski definition) is 0. The Morgan fingerprint density at radius 2 is 2.04 bits per heavy atom. The average Bonchev–Trinajstić information content (AvgIpc) is 2.93. The summed E-state index contributed by atoms with van der Waals surface area (Å²) in [4.78, 5) is 2.47. The molecule has 0 radical (unpaired) electrons. The van der Waals surface area contributed by atoms with Crippen molar-refractivity contribution in [1.82, 2.24) is 10.1 Å². The topological polar surface area (TPSA) is 47.7 Å². The molecule has 24 heavy (non-hydrogen) atoms. The molecule has 130 valence electrons. The van der Waals surface area contributed by atoms with Crippen molar-refractivity contribution in [3.05, 3.63) is 46.8 Å². The Morgan fingerprint density at radius 1 is 1.21 bits per heavy atom. The molecule has 1 aliphatic rings. The molecule has 1 fully saturated rings. The van der Waals surface area contributed by atoms with Gasteiger partial charge in [0.1, 0.15) is 18.1 Å². The van der Waals surface area contributed by atoms with Crippen molar-refractivity contribution in [3.63, 3.8) is 0 Å². The van der Waals surface area contributed by atoms with E-state index in [-0.39, 0.29) is 0 Å². The van der Waals surface area contributed by atoms with Gasteiger partial charge in [0.25, 0.3) is 0 Å². The van der Waals surface area contributed by atoms with Crippen LogP contribution in [0.3, 0.4) is 0 Å². The minimum atomic E-state index is 0.498. The molecule has 0 aliphatic carbocycles. The summed E-state index contributed by atoms with van der Waals surface area (Å²) in [6, 6.07) is 8.37. The molecule has 1 aliphatic heterocycles. The van der Waals surface area contributed by atoms with Crippen molar-refractivity contribution in [2.24, 2.45) is 0 Å². The molecule has 0 amide bonds. The van der Waals surface area contributed by atoms with Crippen LogP contribution in [0.15, 0.2) is 28.8 Å². The number of aromatic nitrogens is 1. The molecule has 0 N–H and O–H groups in total. The van der Waals surface area contributed by atoms with Crippen LogP contribution in [-0.4, -0.2) is 42.9 Å². The lowest BCUT2D eigenvalue weighted by Gasteiger charge is -2.26. The van der Waals surface area contributed by atoms with Crippen molar-refractivity contribution in [2.45, 2.75) is 33.3 Å². The van der Waals surface area contributed by atoms with Crippen molar-refractivity contribution in [1.29, 1.82) is 0 Å². The summed E-state index contributed by atoms with van der Waals surface area (Å²) < 4.78 is 16.5. The highest BCUT2D eigenvalue weighted by Gasteiger charge is 2.11. The molecule has 0 bridgehead atoms. The first kappa shape index (κ1) is 17.0. The van der Waals surface area contributed by atoms with E-state index >= 15 is 0 Å². The van der Waals surface area contributed by atoms with Gasteiger partial charge < -0.3 is 14.0 Å². The van der Waals surface area contributed by atoms with Crippen LogP contribution in [0.2, 0.25) is 0 Å². The van der Waals surface area contributed by atoms with E-state index in [2.05, 4.69) is 28.3 Å². The molecule has 0 atom stereocenters. The van der Waals surface area contributed by atoms with Gasteiger partial charge in [0, 0.05) is 13.1 Å². The van der Waals surface area contributed by atoms with Crippen molar-refractivity contribution >= 4 is 0 Å². The van der Waals surface area contributed by atoms with Crippen LogP contribution >= 0.6 is 0 Å². The monoisotopic (exact) mass is 330 g/mol. The molecule has 1 aromatic heterocycles. The van der Waals surface area contributed by atoms with E-state index in [1.54, 1.807) is 0 Å². The number of hydrogen-bond acceptors (Lipinski definition) is 5. The fraction of sp³-hybridized carbons (Fsp3) is 0.526. The Bertz CT molecular complexity index is 628. The summed E-state index contributed by atoms with van der Waals surface area (Å²) >= 11 is 0. The number of nitrogens with zero attached hydrogens (tertiary/aromatic N) is 2. The zero-order valence-corrected chi connectivity index (χ0v) is 14.6. The lowest BCUT2D eigenvalue weighted by molar-refractivity contribution is 0.0374. The number of morpholine rings is 1. The Balaban J connectivity index is 1.48. The Kier molecular flexibility index (Phi) is 5.88. The molecule has 1 saturated heterocycles. The van der Waals surface area contributed by atoms with Gasteiger partial charge in [-0.2, -0.15) is 0 Å². The molecular formula is C19H26N2O3. The summed E-state index contributed by atoms with van der Waals surface area (Å²) in [6.45, 7) is 9.33. The van der Waals surface area contributed by atoms with Crippen LogP contribution in [0.25, 0.3) is 0 Å². The summed E-state index contributed by atoms with van der Waals surface area (Å²) in [5, 5.41) is 3.96. The Morgan fingerprint density at radius 3 is 2.79 bits per heavy atom. The summed E-state index contributed by atoms with van der Waals surface area (Å²) in [5.41, 5.74) is 3.25. The molecular weight excluding hydrogens is 304 g/mol. The van der Waals surface area contributed by atoms with Crippen LogP contribution in [0.4, 0.5) is 0 Å². The van der Waals surface area contributed by atoms with Gasteiger partial charge in [0.15, 0.2) is 0 Å². The van der Waals surface area contributed by atoms with Crippen LogP contribution in [-0.2, 0) is 17.8 Å². The number of ether oxygens (including phenoxy) is 2. The van der Waals surface area contributed by atoms with Gasteiger partial charge in [-0.05, 0) is 50.9 Å². The number of rotatable bonds is 7. The van der Waals surface area contributed by atoms with Gasteiger partial charge in [-0.3, -0.25) is 4.90 Å². The summed E-state index contributed by atoms with van der Waals surface area (Å²) in [5.74, 6) is 1.73. The SMILES string of the molecule is Cc1noc(C)c1COc1cccc(CCCN2CCOCC2)c1. The van der Waals surface area contributed by atoms with Crippen molar-refractivity contribution < 1.29 is 14.0 Å². The largest absolute Gasteiger partial charge is 0.489 e. The quantitative estimate of drug-likeness (QED) is 0.780. The highest BCUT2D eigenvalue weighted by atomic mass is 16.5. The first-order chi connectivity index (χ1) is 11.7. The smallest absolute Gasteiger partial charge is 0.140 e. The second-order valence-electron chi connectivity index (χ2n) is 6.30. The minimum Gasteiger partial charge on any atom is -0.489 e. The molecule has 2 heterocycles. The predicted octanol–water partition coefficient (Wildman–Crippen LogP) is 3.14. The van der Waals surface area contributed by atoms with Crippen LogP contribution in [0.1, 0.15) is 29.0 Å². The molecule has 2 aromatic rings. The molecule has 0 saturated carbocycles. The van der Waals surface area contributed by atoms with Crippen molar-refractivity contribution in [3.8, 4) is 5.75 Å². The second kappa shape index (κ2) is 8.31. The Labute approximate surface area is 143 Å². The maximum Gasteiger partial charge on any atom is 0.140 e. The van der Waals surface area contributed by atoms with E-state index in [4.69, 9.17) is 14.0 Å². The molecule has 0 unspecified atom stereocenters. The van der Waals surface area contributed by atoms with Gasteiger partial charge in [-0.1, -0.05) is 17.3 Å². The molecule has 0 spiro atoms. The van der Waals surface area contributed by atoms with Gasteiger partial charge >= 0.3 is 0 Å². The zero-order valence-electron chi connectivity index (χ0n) is 14.6. The van der Waals surface area contributed by atoms with Gasteiger partial charge in [-0.15, -0.1) is 0 Å². The first-order valence-corrected chi connectivity index (χ1v) is 8.66. The molecule has 1 aromatic carbocycles. The van der Waals surface area contributed by atoms with Crippen LogP contribution < -0.4 is 4.74 Å².